The molecule has 0 saturated carbocycles. The van der Waals surface area contributed by atoms with E-state index in [1.165, 1.54) is 18.6 Å². The van der Waals surface area contributed by atoms with Gasteiger partial charge < -0.3 is 4.74 Å². The molecule has 0 aliphatic rings. The monoisotopic (exact) mass is 435 g/mol. The molecule has 3 aromatic heterocycles. The third-order valence-electron chi connectivity index (χ3n) is 4.82. The molecule has 3 heterocycles. The van der Waals surface area contributed by atoms with Crippen molar-refractivity contribution in [2.75, 3.05) is 0 Å². The van der Waals surface area contributed by atoms with Gasteiger partial charge in [-0.1, -0.05) is 41.9 Å². The molecular formula is C21H15ClFN7O. The van der Waals surface area contributed by atoms with Gasteiger partial charge in [0.15, 0.2) is 11.6 Å². The van der Waals surface area contributed by atoms with Crippen LogP contribution >= 0.6 is 11.6 Å². The third kappa shape index (κ3) is 3.38. The Morgan fingerprint density at radius 3 is 2.58 bits per heavy atom. The molecule has 8 nitrogen and oxygen atoms in total. The highest BCUT2D eigenvalue weighted by Gasteiger charge is 2.23. The van der Waals surface area contributed by atoms with E-state index in [1.54, 1.807) is 40.5 Å². The Kier molecular flexibility index (Phi) is 4.79. The molecule has 5 aromatic rings. The quantitative estimate of drug-likeness (QED) is 0.415. The van der Waals surface area contributed by atoms with E-state index in [9.17, 15) is 4.39 Å². The third-order valence-corrected chi connectivity index (χ3v) is 5.15. The summed E-state index contributed by atoms with van der Waals surface area (Å²) < 4.78 is 23.9. The topological polar surface area (TPSA) is 83.0 Å². The fourth-order valence-corrected chi connectivity index (χ4v) is 3.50. The molecule has 0 bridgehead atoms. The number of hydrogen-bond donors (Lipinski definition) is 0. The van der Waals surface area contributed by atoms with Crippen LogP contribution in [-0.4, -0.2) is 34.6 Å². The van der Waals surface area contributed by atoms with Crippen LogP contribution in [0.1, 0.15) is 5.82 Å². The molecule has 0 aliphatic carbocycles. The van der Waals surface area contributed by atoms with Crippen LogP contribution in [0.5, 0.6) is 5.88 Å². The zero-order valence-electron chi connectivity index (χ0n) is 16.3. The van der Waals surface area contributed by atoms with Gasteiger partial charge >= 0.3 is 0 Å². The summed E-state index contributed by atoms with van der Waals surface area (Å²) in [5, 5.41) is 17.4. The van der Waals surface area contributed by atoms with Crippen LogP contribution in [0.4, 0.5) is 4.39 Å². The summed E-state index contributed by atoms with van der Waals surface area (Å²) in [6, 6.07) is 13.7. The number of fused-ring (bicyclic) bond motifs is 1. The van der Waals surface area contributed by atoms with Gasteiger partial charge in [-0.2, -0.15) is 10.2 Å². The van der Waals surface area contributed by atoms with Gasteiger partial charge in [0.05, 0.1) is 16.8 Å². The summed E-state index contributed by atoms with van der Waals surface area (Å²) in [5.74, 6) is 0.821. The lowest BCUT2D eigenvalue weighted by Gasteiger charge is -2.06. The number of benzene rings is 2. The molecule has 0 unspecified atom stereocenters. The number of rotatable bonds is 5. The van der Waals surface area contributed by atoms with Crippen LogP contribution in [0.3, 0.4) is 0 Å². The summed E-state index contributed by atoms with van der Waals surface area (Å²) in [6.07, 6.45) is 2.95. The highest BCUT2D eigenvalue weighted by molar-refractivity contribution is 6.33. The predicted molar refractivity (Wildman–Crippen MR) is 112 cm³/mol. The molecule has 5 rings (SSSR count). The summed E-state index contributed by atoms with van der Waals surface area (Å²) in [4.78, 5) is 4.16. The Labute approximate surface area is 180 Å². The second-order valence-corrected chi connectivity index (χ2v) is 7.10. The standard InChI is InChI=1S/C21H15ClFN7O/c1-29-18(24-12-26-29)11-31-21-19(14-7-3-5-9-16(14)23)17-10-25-27-20(30(17)28-21)13-6-2-4-8-15(13)22/h2-10,12H,11H2,1H3. The number of nitrogens with zero attached hydrogens (tertiary/aromatic N) is 7. The molecule has 0 N–H and O–H groups in total. The Balaban J connectivity index is 1.72. The molecule has 10 heteroatoms. The van der Waals surface area contributed by atoms with Crippen molar-refractivity contribution < 1.29 is 9.13 Å². The normalized spacial score (nSPS) is 11.2. The summed E-state index contributed by atoms with van der Waals surface area (Å²) in [7, 11) is 1.76. The van der Waals surface area contributed by atoms with Crippen molar-refractivity contribution in [3.63, 3.8) is 0 Å². The number of aryl methyl sites for hydroxylation is 1. The summed E-state index contributed by atoms with van der Waals surface area (Å²) in [6.45, 7) is 0.101. The van der Waals surface area contributed by atoms with E-state index in [0.29, 0.717) is 38.9 Å². The molecule has 2 aromatic carbocycles. The van der Waals surface area contributed by atoms with Crippen molar-refractivity contribution >= 4 is 17.1 Å². The Morgan fingerprint density at radius 2 is 1.84 bits per heavy atom. The lowest BCUT2D eigenvalue weighted by molar-refractivity contribution is 0.278. The Hall–Kier alpha value is -3.85. The van der Waals surface area contributed by atoms with E-state index in [4.69, 9.17) is 16.3 Å². The van der Waals surface area contributed by atoms with Gasteiger partial charge in [0.1, 0.15) is 24.3 Å². The molecule has 0 fully saturated rings. The predicted octanol–water partition coefficient (Wildman–Crippen LogP) is 3.96. The molecular weight excluding hydrogens is 421 g/mol. The van der Waals surface area contributed by atoms with Crippen LogP contribution in [0.15, 0.2) is 61.1 Å². The van der Waals surface area contributed by atoms with Crippen molar-refractivity contribution in [1.29, 1.82) is 0 Å². The van der Waals surface area contributed by atoms with Gasteiger partial charge in [-0.25, -0.2) is 13.9 Å². The maximum absolute atomic E-state index is 14.7. The van der Waals surface area contributed by atoms with E-state index in [1.807, 2.05) is 18.2 Å². The van der Waals surface area contributed by atoms with Crippen LogP contribution in [0.2, 0.25) is 5.02 Å². The van der Waals surface area contributed by atoms with Crippen LogP contribution in [0.25, 0.3) is 28.0 Å². The molecule has 0 saturated heterocycles. The average molecular weight is 436 g/mol. The maximum atomic E-state index is 14.7. The zero-order valence-corrected chi connectivity index (χ0v) is 17.0. The minimum atomic E-state index is -0.406. The summed E-state index contributed by atoms with van der Waals surface area (Å²) >= 11 is 6.38. The molecule has 154 valence electrons. The number of hydrogen-bond acceptors (Lipinski definition) is 6. The van der Waals surface area contributed by atoms with E-state index in [2.05, 4.69) is 25.4 Å². The number of halogens is 2. The van der Waals surface area contributed by atoms with Crippen LogP contribution in [-0.2, 0) is 13.7 Å². The first-order chi connectivity index (χ1) is 15.1. The van der Waals surface area contributed by atoms with E-state index in [0.717, 1.165) is 0 Å². The van der Waals surface area contributed by atoms with Gasteiger partial charge in [-0.05, 0) is 18.2 Å². The molecule has 0 amide bonds. The average Bonchev–Trinajstić information content (AvgIpc) is 3.36. The number of ether oxygens (including phenoxy) is 1. The highest BCUT2D eigenvalue weighted by Crippen LogP contribution is 2.37. The first kappa shape index (κ1) is 19.1. The lowest BCUT2D eigenvalue weighted by Crippen LogP contribution is -2.05. The smallest absolute Gasteiger partial charge is 0.242 e. The van der Waals surface area contributed by atoms with Crippen molar-refractivity contribution in [1.82, 2.24) is 34.6 Å². The largest absolute Gasteiger partial charge is 0.468 e. The molecule has 0 aliphatic heterocycles. The molecule has 0 radical (unpaired) electrons. The number of aromatic nitrogens is 7. The second-order valence-electron chi connectivity index (χ2n) is 6.69. The van der Waals surface area contributed by atoms with Gasteiger partial charge in [0.25, 0.3) is 0 Å². The minimum absolute atomic E-state index is 0.101. The zero-order chi connectivity index (χ0) is 21.4. The fourth-order valence-electron chi connectivity index (χ4n) is 3.28. The Morgan fingerprint density at radius 1 is 1.06 bits per heavy atom. The molecule has 31 heavy (non-hydrogen) atoms. The van der Waals surface area contributed by atoms with Crippen LogP contribution < -0.4 is 4.74 Å². The maximum Gasteiger partial charge on any atom is 0.242 e. The van der Waals surface area contributed by atoms with Gasteiger partial charge in [0.2, 0.25) is 5.88 Å². The van der Waals surface area contributed by atoms with Gasteiger partial charge in [-0.3, -0.25) is 4.68 Å². The highest BCUT2D eigenvalue weighted by atomic mass is 35.5. The molecule has 0 spiro atoms. The molecule has 0 atom stereocenters. The van der Waals surface area contributed by atoms with E-state index >= 15 is 0 Å². The fraction of sp³-hybridized carbons (Fsp3) is 0.0952. The summed E-state index contributed by atoms with van der Waals surface area (Å²) in [5.41, 5.74) is 1.97. The SMILES string of the molecule is Cn1ncnc1COc1nn2c(-c3ccccc3Cl)nncc2c1-c1ccccc1F. The van der Waals surface area contributed by atoms with Crippen molar-refractivity contribution in [3.8, 4) is 28.4 Å². The van der Waals surface area contributed by atoms with Crippen molar-refractivity contribution in [2.45, 2.75) is 6.61 Å². The van der Waals surface area contributed by atoms with Gasteiger partial charge in [-0.15, -0.1) is 10.2 Å². The van der Waals surface area contributed by atoms with Gasteiger partial charge in [0, 0.05) is 18.2 Å². The van der Waals surface area contributed by atoms with E-state index in [-0.39, 0.29) is 12.5 Å². The minimum Gasteiger partial charge on any atom is -0.468 e. The Bertz CT molecular complexity index is 1400. The van der Waals surface area contributed by atoms with Crippen molar-refractivity contribution in [2.24, 2.45) is 7.05 Å². The van der Waals surface area contributed by atoms with Crippen LogP contribution in [0, 0.1) is 5.82 Å². The first-order valence-electron chi connectivity index (χ1n) is 9.33. The first-order valence-corrected chi connectivity index (χ1v) is 9.71. The second kappa shape index (κ2) is 7.77. The van der Waals surface area contributed by atoms with Crippen molar-refractivity contribution in [3.05, 3.63) is 77.7 Å². The van der Waals surface area contributed by atoms with E-state index < -0.39 is 5.82 Å². The lowest BCUT2D eigenvalue weighted by atomic mass is 10.1.